The number of hydrogen-bond acceptors (Lipinski definition) is 0. The lowest BCUT2D eigenvalue weighted by atomic mass is 10.1. The number of allylic oxidation sites excluding steroid dienone is 2. The molecule has 0 spiro atoms. The molecule has 0 bridgehead atoms. The lowest BCUT2D eigenvalue weighted by molar-refractivity contribution is 0.591. The van der Waals surface area contributed by atoms with Gasteiger partial charge in [-0.2, -0.15) is 0 Å². The smallest absolute Gasteiger partial charge is 0.0351 e. The van der Waals surface area contributed by atoms with Crippen LogP contribution in [-0.4, -0.2) is 0 Å². The number of hydrogen-bond donors (Lipinski definition) is 0. The van der Waals surface area contributed by atoms with Gasteiger partial charge in [-0.3, -0.25) is 0 Å². The fourth-order valence-electron chi connectivity index (χ4n) is 2.14. The van der Waals surface area contributed by atoms with Crippen LogP contribution in [0.1, 0.15) is 97.3 Å². The first-order valence-corrected chi connectivity index (χ1v) is 8.06. The van der Waals surface area contributed by atoms with Crippen molar-refractivity contribution >= 4 is 0 Å². The molecule has 0 aromatic heterocycles. The second-order valence-corrected chi connectivity index (χ2v) is 5.23. The number of rotatable bonds is 13. The summed E-state index contributed by atoms with van der Waals surface area (Å²) in [5.74, 6) is 0. The van der Waals surface area contributed by atoms with E-state index in [9.17, 15) is 0 Å². The van der Waals surface area contributed by atoms with Gasteiger partial charge in [-0.1, -0.05) is 83.8 Å². The van der Waals surface area contributed by atoms with Crippen molar-refractivity contribution in [3.8, 4) is 0 Å². The number of unbranched alkanes of at least 4 members (excludes halogenated alkanes) is 11. The molecule has 0 nitrogen and oxygen atoms in total. The fraction of sp³-hybridized carbons (Fsp3) is 0.882. The predicted octanol–water partition coefficient (Wildman–Crippen LogP) is 6.65. The molecule has 0 radical (unpaired) electrons. The van der Waals surface area contributed by atoms with Crippen molar-refractivity contribution in [1.82, 2.24) is 0 Å². The molecular formula is C17H34. The van der Waals surface area contributed by atoms with Crippen LogP contribution in [0.4, 0.5) is 0 Å². The van der Waals surface area contributed by atoms with Gasteiger partial charge >= 0.3 is 0 Å². The zero-order valence-corrected chi connectivity index (χ0v) is 12.3. The maximum absolute atomic E-state index is 2.40. The Labute approximate surface area is 110 Å². The molecule has 0 heteroatoms. The Morgan fingerprint density at radius 2 is 0.824 bits per heavy atom. The van der Waals surface area contributed by atoms with Crippen molar-refractivity contribution in [2.45, 2.75) is 97.3 Å². The first-order valence-electron chi connectivity index (χ1n) is 8.06. The Morgan fingerprint density at radius 1 is 0.471 bits per heavy atom. The highest BCUT2D eigenvalue weighted by atomic mass is 14.0. The molecule has 102 valence electrons. The average Bonchev–Trinajstić information content (AvgIpc) is 2.35. The van der Waals surface area contributed by atoms with E-state index in [1.165, 1.54) is 83.5 Å². The third-order valence-corrected chi connectivity index (χ3v) is 3.37. The molecule has 0 amide bonds. The molecule has 0 aromatic carbocycles. The highest BCUT2D eigenvalue weighted by Crippen LogP contribution is 2.09. The standard InChI is InChI=1S/C17H34/c1-3-5-7-9-11-13-15-17-16-14-12-10-8-6-4-2/h13,15H,3-12,14,16-17H2,1-2H3/b15-13-. The Kier molecular flexibility index (Phi) is 15.5. The normalized spacial score (nSPS) is 11.4. The van der Waals surface area contributed by atoms with Gasteiger partial charge in [0.1, 0.15) is 0 Å². The Hall–Kier alpha value is -0.260. The molecule has 0 aliphatic heterocycles. The molecule has 0 N–H and O–H groups in total. The van der Waals surface area contributed by atoms with Crippen molar-refractivity contribution in [1.29, 1.82) is 0 Å². The molecule has 0 unspecified atom stereocenters. The van der Waals surface area contributed by atoms with E-state index in [1.807, 2.05) is 0 Å². The van der Waals surface area contributed by atoms with Gasteiger partial charge in [0.2, 0.25) is 0 Å². The summed E-state index contributed by atoms with van der Waals surface area (Å²) in [4.78, 5) is 0. The fourth-order valence-corrected chi connectivity index (χ4v) is 2.14. The summed E-state index contributed by atoms with van der Waals surface area (Å²) >= 11 is 0. The Balaban J connectivity index is 2.99. The van der Waals surface area contributed by atoms with Crippen LogP contribution in [0.3, 0.4) is 0 Å². The zero-order chi connectivity index (χ0) is 12.6. The minimum atomic E-state index is 1.30. The molecule has 0 saturated carbocycles. The first kappa shape index (κ1) is 16.7. The largest absolute Gasteiger partial charge is 0.0885 e. The Morgan fingerprint density at radius 3 is 1.29 bits per heavy atom. The van der Waals surface area contributed by atoms with E-state index < -0.39 is 0 Å². The molecular weight excluding hydrogens is 204 g/mol. The predicted molar refractivity (Wildman–Crippen MR) is 80.5 cm³/mol. The maximum Gasteiger partial charge on any atom is -0.0351 e. The molecule has 0 heterocycles. The van der Waals surface area contributed by atoms with Gasteiger partial charge in [0.25, 0.3) is 0 Å². The lowest BCUT2D eigenvalue weighted by Crippen LogP contribution is -1.79. The highest BCUT2D eigenvalue weighted by Gasteiger charge is 1.89. The Bertz CT molecular complexity index is 146. The van der Waals surface area contributed by atoms with E-state index >= 15 is 0 Å². The topological polar surface area (TPSA) is 0 Å². The minimum Gasteiger partial charge on any atom is -0.0885 e. The summed E-state index contributed by atoms with van der Waals surface area (Å²) in [7, 11) is 0. The van der Waals surface area contributed by atoms with E-state index in [-0.39, 0.29) is 0 Å². The van der Waals surface area contributed by atoms with Gasteiger partial charge in [0, 0.05) is 0 Å². The molecule has 0 aliphatic carbocycles. The van der Waals surface area contributed by atoms with E-state index in [0.717, 1.165) is 0 Å². The molecule has 17 heavy (non-hydrogen) atoms. The van der Waals surface area contributed by atoms with Crippen molar-refractivity contribution in [3.63, 3.8) is 0 Å². The first-order chi connectivity index (χ1) is 8.41. The molecule has 0 fully saturated rings. The summed E-state index contributed by atoms with van der Waals surface area (Å²) < 4.78 is 0. The van der Waals surface area contributed by atoms with Crippen molar-refractivity contribution in [2.75, 3.05) is 0 Å². The molecule has 0 rings (SSSR count). The van der Waals surface area contributed by atoms with Crippen molar-refractivity contribution in [2.24, 2.45) is 0 Å². The highest BCUT2D eigenvalue weighted by molar-refractivity contribution is 4.81. The third kappa shape index (κ3) is 15.7. The maximum atomic E-state index is 2.40. The second kappa shape index (κ2) is 15.7. The van der Waals surface area contributed by atoms with E-state index in [4.69, 9.17) is 0 Å². The van der Waals surface area contributed by atoms with Crippen LogP contribution in [0, 0.1) is 0 Å². The second-order valence-electron chi connectivity index (χ2n) is 5.23. The molecule has 0 aromatic rings. The van der Waals surface area contributed by atoms with Crippen LogP contribution < -0.4 is 0 Å². The molecule has 0 aliphatic rings. The van der Waals surface area contributed by atoms with E-state index in [2.05, 4.69) is 26.0 Å². The molecule has 0 saturated heterocycles. The average molecular weight is 238 g/mol. The summed E-state index contributed by atoms with van der Waals surface area (Å²) in [5, 5.41) is 0. The lowest BCUT2D eigenvalue weighted by Gasteiger charge is -1.99. The van der Waals surface area contributed by atoms with Crippen LogP contribution in [-0.2, 0) is 0 Å². The SMILES string of the molecule is CCCCCC/C=C\CCCCCCCCC. The van der Waals surface area contributed by atoms with Gasteiger partial charge in [-0.15, -0.1) is 0 Å². The van der Waals surface area contributed by atoms with Gasteiger partial charge in [-0.25, -0.2) is 0 Å². The zero-order valence-electron chi connectivity index (χ0n) is 12.3. The van der Waals surface area contributed by atoms with Crippen molar-refractivity contribution < 1.29 is 0 Å². The minimum absolute atomic E-state index is 1.30. The van der Waals surface area contributed by atoms with Gasteiger partial charge in [-0.05, 0) is 25.7 Å². The van der Waals surface area contributed by atoms with Crippen LogP contribution in [0.15, 0.2) is 12.2 Å². The van der Waals surface area contributed by atoms with Crippen LogP contribution >= 0.6 is 0 Å². The third-order valence-electron chi connectivity index (χ3n) is 3.37. The quantitative estimate of drug-likeness (QED) is 0.249. The van der Waals surface area contributed by atoms with E-state index in [1.54, 1.807) is 0 Å². The van der Waals surface area contributed by atoms with Crippen LogP contribution in [0.25, 0.3) is 0 Å². The summed E-state index contributed by atoms with van der Waals surface area (Å²) in [6.45, 7) is 4.56. The van der Waals surface area contributed by atoms with Gasteiger partial charge < -0.3 is 0 Å². The summed E-state index contributed by atoms with van der Waals surface area (Å²) in [5.41, 5.74) is 0. The van der Waals surface area contributed by atoms with Gasteiger partial charge in [0.15, 0.2) is 0 Å². The van der Waals surface area contributed by atoms with Crippen molar-refractivity contribution in [3.05, 3.63) is 12.2 Å². The van der Waals surface area contributed by atoms with E-state index in [0.29, 0.717) is 0 Å². The van der Waals surface area contributed by atoms with Crippen LogP contribution in [0.2, 0.25) is 0 Å². The summed E-state index contributed by atoms with van der Waals surface area (Å²) in [6, 6.07) is 0. The van der Waals surface area contributed by atoms with Crippen LogP contribution in [0.5, 0.6) is 0 Å². The summed E-state index contributed by atoms with van der Waals surface area (Å²) in [6.07, 6.45) is 22.9. The van der Waals surface area contributed by atoms with Gasteiger partial charge in [0.05, 0.1) is 0 Å². The monoisotopic (exact) mass is 238 g/mol. The molecule has 0 atom stereocenters.